The number of ketones is 1. The Hall–Kier alpha value is -0.513. The van der Waals surface area contributed by atoms with Gasteiger partial charge in [-0.15, -0.1) is 0 Å². The fraction of sp³-hybridized carbons (Fsp3) is 0.688. The van der Waals surface area contributed by atoms with Gasteiger partial charge in [0.15, 0.2) is 14.1 Å². The van der Waals surface area contributed by atoms with Crippen molar-refractivity contribution in [3.8, 4) is 0 Å². The Labute approximate surface area is 167 Å². The number of hydrogen-bond donors (Lipinski definition) is 0. The molecule has 0 aliphatic carbocycles. The highest BCUT2D eigenvalue weighted by molar-refractivity contribution is 9.11. The first-order valence-electron chi connectivity index (χ1n) is 8.15. The van der Waals surface area contributed by atoms with Gasteiger partial charge in [-0.1, -0.05) is 20.8 Å². The number of rotatable bonds is 8. The maximum atomic E-state index is 12.2. The summed E-state index contributed by atoms with van der Waals surface area (Å²) in [6.07, 6.45) is 0.281. The van der Waals surface area contributed by atoms with Crippen LogP contribution >= 0.6 is 31.9 Å². The fourth-order valence-corrected chi connectivity index (χ4v) is 4.08. The van der Waals surface area contributed by atoms with Crippen LogP contribution < -0.4 is 0 Å². The lowest BCUT2D eigenvalue weighted by Gasteiger charge is -2.35. The van der Waals surface area contributed by atoms with E-state index in [2.05, 4.69) is 70.8 Å². The molecule has 0 N–H and O–H groups in total. The molecule has 142 valence electrons. The van der Waals surface area contributed by atoms with E-state index in [-0.39, 0.29) is 30.5 Å². The van der Waals surface area contributed by atoms with Crippen molar-refractivity contribution in [2.24, 2.45) is 0 Å². The Bertz CT molecular complexity index is 639. The molecule has 0 bridgehead atoms. The van der Waals surface area contributed by atoms with Crippen LogP contribution in [0.15, 0.2) is 9.21 Å². The lowest BCUT2D eigenvalue weighted by Crippen LogP contribution is -2.42. The van der Waals surface area contributed by atoms with Gasteiger partial charge >= 0.3 is 5.97 Å². The van der Waals surface area contributed by atoms with E-state index >= 15 is 0 Å². The standard InChI is InChI=1S/C16H26Br2N2O4Si/c1-7-23-15(22)12-13(17)19-20(14(12)18)9-8-11(21)10-24-25(5,6)16(2,3)4/h7-10H2,1-6H3. The number of Topliss-reactive ketones (excluding diaryl/α,β-unsaturated/α-hetero) is 1. The van der Waals surface area contributed by atoms with Gasteiger partial charge in [-0.25, -0.2) is 4.79 Å². The molecular weight excluding hydrogens is 472 g/mol. The molecule has 0 unspecified atom stereocenters. The quantitative estimate of drug-likeness (QED) is 0.388. The van der Waals surface area contributed by atoms with Crippen LogP contribution in [0.2, 0.25) is 18.1 Å². The second-order valence-corrected chi connectivity index (χ2v) is 13.5. The summed E-state index contributed by atoms with van der Waals surface area (Å²) in [4.78, 5) is 24.1. The molecule has 1 aromatic rings. The predicted molar refractivity (Wildman–Crippen MR) is 106 cm³/mol. The third-order valence-electron chi connectivity index (χ3n) is 4.33. The van der Waals surface area contributed by atoms with E-state index in [9.17, 15) is 9.59 Å². The zero-order chi connectivity index (χ0) is 19.4. The number of hydrogen-bond acceptors (Lipinski definition) is 5. The molecule has 1 rings (SSSR count). The average molecular weight is 498 g/mol. The predicted octanol–water partition coefficient (Wildman–Crippen LogP) is 4.57. The van der Waals surface area contributed by atoms with Crippen molar-refractivity contribution >= 4 is 51.9 Å². The number of aryl methyl sites for hydroxylation is 1. The van der Waals surface area contributed by atoms with Crippen LogP contribution in [0.25, 0.3) is 0 Å². The number of aromatic nitrogens is 2. The summed E-state index contributed by atoms with van der Waals surface area (Å²) in [5, 5.41) is 4.30. The second kappa shape index (κ2) is 8.92. The van der Waals surface area contributed by atoms with Crippen LogP contribution in [-0.2, 0) is 20.5 Å². The van der Waals surface area contributed by atoms with Crippen molar-refractivity contribution in [2.45, 2.75) is 58.8 Å². The molecule has 25 heavy (non-hydrogen) atoms. The van der Waals surface area contributed by atoms with Gasteiger partial charge in [0.2, 0.25) is 0 Å². The second-order valence-electron chi connectivity index (χ2n) is 7.24. The Kier molecular flexibility index (Phi) is 8.04. The number of ether oxygens (including phenoxy) is 1. The van der Waals surface area contributed by atoms with Gasteiger partial charge < -0.3 is 9.16 Å². The molecule has 0 amide bonds. The van der Waals surface area contributed by atoms with E-state index in [0.29, 0.717) is 21.3 Å². The van der Waals surface area contributed by atoms with Gasteiger partial charge in [0.05, 0.1) is 13.2 Å². The largest absolute Gasteiger partial charge is 0.462 e. The highest BCUT2D eigenvalue weighted by atomic mass is 79.9. The molecule has 9 heteroatoms. The molecule has 0 atom stereocenters. The van der Waals surface area contributed by atoms with Crippen molar-refractivity contribution < 1.29 is 18.8 Å². The Morgan fingerprint density at radius 2 is 1.84 bits per heavy atom. The highest BCUT2D eigenvalue weighted by Crippen LogP contribution is 2.36. The van der Waals surface area contributed by atoms with Gasteiger partial charge in [-0.05, 0) is 56.9 Å². The highest BCUT2D eigenvalue weighted by Gasteiger charge is 2.37. The number of carbonyl (C=O) groups is 2. The Balaban J connectivity index is 2.66. The normalized spacial score (nSPS) is 12.3. The topological polar surface area (TPSA) is 70.4 Å². The molecule has 1 heterocycles. The Morgan fingerprint density at radius 1 is 1.24 bits per heavy atom. The zero-order valence-corrected chi connectivity index (χ0v) is 19.8. The molecule has 0 saturated heterocycles. The number of esters is 1. The van der Waals surface area contributed by atoms with Crippen LogP contribution in [-0.4, -0.2) is 43.1 Å². The van der Waals surface area contributed by atoms with Crippen molar-refractivity contribution in [3.63, 3.8) is 0 Å². The first-order valence-corrected chi connectivity index (χ1v) is 12.6. The van der Waals surface area contributed by atoms with Crippen LogP contribution in [0, 0.1) is 0 Å². The van der Waals surface area contributed by atoms with Gasteiger partial charge in [0, 0.05) is 13.0 Å². The summed E-state index contributed by atoms with van der Waals surface area (Å²) < 4.78 is 13.4. The van der Waals surface area contributed by atoms with Gasteiger partial charge in [-0.3, -0.25) is 9.48 Å². The Morgan fingerprint density at radius 3 is 2.36 bits per heavy atom. The molecule has 0 fully saturated rings. The number of carbonyl (C=O) groups excluding carboxylic acids is 2. The van der Waals surface area contributed by atoms with E-state index in [4.69, 9.17) is 9.16 Å². The number of halogens is 2. The summed E-state index contributed by atoms with van der Waals surface area (Å²) in [6.45, 7) is 13.1. The van der Waals surface area contributed by atoms with Crippen LogP contribution in [0.4, 0.5) is 0 Å². The minimum absolute atomic E-state index is 0.0148. The van der Waals surface area contributed by atoms with Gasteiger partial charge in [-0.2, -0.15) is 5.10 Å². The maximum Gasteiger partial charge on any atom is 0.343 e. The summed E-state index contributed by atoms with van der Waals surface area (Å²) in [5.74, 6) is -0.443. The zero-order valence-electron chi connectivity index (χ0n) is 15.6. The first kappa shape index (κ1) is 22.5. The van der Waals surface area contributed by atoms with E-state index in [0.717, 1.165) is 0 Å². The summed E-state index contributed by atoms with van der Waals surface area (Å²) in [5.41, 5.74) is 0.326. The third-order valence-corrected chi connectivity index (χ3v) is 10.2. The lowest BCUT2D eigenvalue weighted by molar-refractivity contribution is -0.121. The van der Waals surface area contributed by atoms with Crippen LogP contribution in [0.5, 0.6) is 0 Å². The van der Waals surface area contributed by atoms with Gasteiger partial charge in [0.25, 0.3) is 0 Å². The summed E-state index contributed by atoms with van der Waals surface area (Å²) >= 11 is 6.61. The first-order chi connectivity index (χ1) is 11.4. The average Bonchev–Trinajstić information content (AvgIpc) is 2.76. The van der Waals surface area contributed by atoms with Crippen molar-refractivity contribution in [3.05, 3.63) is 14.8 Å². The molecular formula is C16H26Br2N2O4Si. The molecule has 6 nitrogen and oxygen atoms in total. The summed E-state index contributed by atoms with van der Waals surface area (Å²) in [7, 11) is -1.94. The molecule has 0 aliphatic rings. The monoisotopic (exact) mass is 496 g/mol. The third kappa shape index (κ3) is 6.01. The number of nitrogens with zero attached hydrogens (tertiary/aromatic N) is 2. The minimum Gasteiger partial charge on any atom is -0.462 e. The van der Waals surface area contributed by atoms with Gasteiger partial charge in [0.1, 0.15) is 14.8 Å². The maximum absolute atomic E-state index is 12.2. The molecule has 0 radical (unpaired) electrons. The van der Waals surface area contributed by atoms with E-state index < -0.39 is 14.3 Å². The van der Waals surface area contributed by atoms with Crippen molar-refractivity contribution in [1.82, 2.24) is 9.78 Å². The molecule has 0 aliphatic heterocycles. The SMILES string of the molecule is CCOC(=O)c1c(Br)nn(CCC(=O)CO[Si](C)(C)C(C)(C)C)c1Br. The van der Waals surface area contributed by atoms with E-state index in [1.165, 1.54) is 0 Å². The van der Waals surface area contributed by atoms with E-state index in [1.807, 2.05) is 0 Å². The molecule has 0 saturated carbocycles. The van der Waals surface area contributed by atoms with Crippen LogP contribution in [0.1, 0.15) is 44.5 Å². The smallest absolute Gasteiger partial charge is 0.343 e. The fourth-order valence-electron chi connectivity index (χ4n) is 1.71. The summed E-state index contributed by atoms with van der Waals surface area (Å²) in [6, 6.07) is 0. The van der Waals surface area contributed by atoms with Crippen LogP contribution in [0.3, 0.4) is 0 Å². The van der Waals surface area contributed by atoms with Crippen molar-refractivity contribution in [1.29, 1.82) is 0 Å². The molecule has 1 aromatic heterocycles. The minimum atomic E-state index is -1.94. The lowest BCUT2D eigenvalue weighted by atomic mass is 10.2. The van der Waals surface area contributed by atoms with Crippen molar-refractivity contribution in [2.75, 3.05) is 13.2 Å². The molecule has 0 aromatic carbocycles. The van der Waals surface area contributed by atoms with E-state index in [1.54, 1.807) is 11.6 Å². The molecule has 0 spiro atoms.